The lowest BCUT2D eigenvalue weighted by atomic mass is 10.1. The molecule has 1 atom stereocenters. The van der Waals surface area contributed by atoms with Gasteiger partial charge in [-0.15, -0.1) is 0 Å². The summed E-state index contributed by atoms with van der Waals surface area (Å²) in [5.41, 5.74) is 5.10. The summed E-state index contributed by atoms with van der Waals surface area (Å²) < 4.78 is 8.75. The lowest BCUT2D eigenvalue weighted by Crippen LogP contribution is -2.18. The molecule has 1 N–H and O–H groups in total. The number of benzene rings is 1. The first kappa shape index (κ1) is 18.0. The number of aromatic amines is 1. The quantitative estimate of drug-likeness (QED) is 0.579. The number of hydrogen-bond acceptors (Lipinski definition) is 4. The van der Waals surface area contributed by atoms with Gasteiger partial charge in [-0.25, -0.2) is 9.50 Å². The predicted molar refractivity (Wildman–Crippen MR) is 108 cm³/mol. The molecule has 0 saturated heterocycles. The molecular formula is C21H23N5O2. The average Bonchev–Trinajstić information content (AvgIpc) is 3.25. The predicted octanol–water partition coefficient (Wildman–Crippen LogP) is 3.32. The highest BCUT2D eigenvalue weighted by atomic mass is 16.5. The number of nitrogens with one attached hydrogen (secondary N) is 1. The van der Waals surface area contributed by atoms with Crippen LogP contribution >= 0.6 is 0 Å². The van der Waals surface area contributed by atoms with Gasteiger partial charge in [0.15, 0.2) is 5.65 Å². The molecule has 7 nitrogen and oxygen atoms in total. The van der Waals surface area contributed by atoms with Crippen LogP contribution in [0.25, 0.3) is 16.9 Å². The smallest absolute Gasteiger partial charge is 0.272 e. The van der Waals surface area contributed by atoms with E-state index in [4.69, 9.17) is 9.72 Å². The van der Waals surface area contributed by atoms with Crippen molar-refractivity contribution in [2.45, 2.75) is 33.2 Å². The number of hydrogen-bond donors (Lipinski definition) is 1. The van der Waals surface area contributed by atoms with Gasteiger partial charge in [-0.05, 0) is 32.0 Å². The third kappa shape index (κ3) is 3.09. The fourth-order valence-electron chi connectivity index (χ4n) is 3.42. The zero-order valence-corrected chi connectivity index (χ0v) is 16.4. The van der Waals surface area contributed by atoms with Crippen molar-refractivity contribution in [2.24, 2.45) is 0 Å². The highest BCUT2D eigenvalue weighted by Crippen LogP contribution is 2.27. The van der Waals surface area contributed by atoms with Crippen molar-refractivity contribution in [3.8, 4) is 17.0 Å². The van der Waals surface area contributed by atoms with E-state index in [0.29, 0.717) is 12.2 Å². The number of aryl methyl sites for hydroxylation is 2. The maximum absolute atomic E-state index is 12.7. The molecule has 0 aliphatic rings. The van der Waals surface area contributed by atoms with Crippen LogP contribution in [0.5, 0.6) is 5.75 Å². The molecule has 0 fully saturated rings. The number of fused-ring (bicyclic) bond motifs is 1. The Morgan fingerprint density at radius 3 is 2.75 bits per heavy atom. The summed E-state index contributed by atoms with van der Waals surface area (Å²) in [5, 5.41) is 7.52. The fraction of sp³-hybridized carbons (Fsp3) is 0.286. The average molecular weight is 377 g/mol. The minimum absolute atomic E-state index is 0.0610. The maximum Gasteiger partial charge on any atom is 0.272 e. The van der Waals surface area contributed by atoms with E-state index >= 15 is 0 Å². The van der Waals surface area contributed by atoms with E-state index in [2.05, 4.69) is 17.1 Å². The van der Waals surface area contributed by atoms with E-state index in [0.717, 1.165) is 34.0 Å². The Labute approximate surface area is 162 Å². The number of methoxy groups -OCH3 is 1. The van der Waals surface area contributed by atoms with Crippen LogP contribution in [0.4, 0.5) is 0 Å². The van der Waals surface area contributed by atoms with Crippen molar-refractivity contribution in [1.29, 1.82) is 0 Å². The highest BCUT2D eigenvalue weighted by Gasteiger charge is 2.17. The lowest BCUT2D eigenvalue weighted by Gasteiger charge is -2.12. The van der Waals surface area contributed by atoms with E-state index in [1.807, 2.05) is 48.9 Å². The Kier molecular flexibility index (Phi) is 4.50. The first-order valence-corrected chi connectivity index (χ1v) is 9.23. The fourth-order valence-corrected chi connectivity index (χ4v) is 3.42. The number of nitrogens with zero attached hydrogens (tertiary/aromatic N) is 4. The van der Waals surface area contributed by atoms with Crippen molar-refractivity contribution >= 4 is 5.65 Å². The van der Waals surface area contributed by atoms with Crippen molar-refractivity contribution in [2.75, 3.05) is 7.11 Å². The number of H-pyrrole nitrogens is 1. The van der Waals surface area contributed by atoms with Gasteiger partial charge in [0.1, 0.15) is 5.75 Å². The SMILES string of the molecule is COc1cccc(-c2[nH]n3c(=O)cc([C@@H](C)Cn4nccc4C)nc3c2C)c1. The molecule has 0 amide bonds. The molecule has 0 bridgehead atoms. The van der Waals surface area contributed by atoms with Crippen LogP contribution in [0.15, 0.2) is 47.4 Å². The second-order valence-corrected chi connectivity index (χ2v) is 7.08. The Morgan fingerprint density at radius 2 is 2.04 bits per heavy atom. The van der Waals surface area contributed by atoms with Crippen LogP contribution in [0, 0.1) is 13.8 Å². The zero-order valence-electron chi connectivity index (χ0n) is 16.4. The summed E-state index contributed by atoms with van der Waals surface area (Å²) in [6.45, 7) is 6.72. The summed E-state index contributed by atoms with van der Waals surface area (Å²) in [7, 11) is 1.64. The Morgan fingerprint density at radius 1 is 1.21 bits per heavy atom. The van der Waals surface area contributed by atoms with Crippen molar-refractivity contribution in [3.63, 3.8) is 0 Å². The third-order valence-corrected chi connectivity index (χ3v) is 5.11. The zero-order chi connectivity index (χ0) is 19.8. The molecule has 28 heavy (non-hydrogen) atoms. The van der Waals surface area contributed by atoms with Gasteiger partial charge in [0.2, 0.25) is 0 Å². The Hall–Kier alpha value is -3.35. The van der Waals surface area contributed by atoms with Crippen LogP contribution in [-0.4, -0.2) is 31.5 Å². The molecule has 3 aromatic heterocycles. The van der Waals surface area contributed by atoms with Gasteiger partial charge in [-0.2, -0.15) is 5.10 Å². The van der Waals surface area contributed by atoms with E-state index < -0.39 is 0 Å². The second kappa shape index (κ2) is 6.99. The topological polar surface area (TPSA) is 77.2 Å². The van der Waals surface area contributed by atoms with Gasteiger partial charge in [0.25, 0.3) is 5.56 Å². The summed E-state index contributed by atoms with van der Waals surface area (Å²) in [6.07, 6.45) is 1.78. The lowest BCUT2D eigenvalue weighted by molar-refractivity contribution is 0.415. The molecule has 7 heteroatoms. The molecule has 0 spiro atoms. The molecule has 0 unspecified atom stereocenters. The van der Waals surface area contributed by atoms with Crippen LogP contribution in [0.2, 0.25) is 0 Å². The van der Waals surface area contributed by atoms with Crippen LogP contribution in [0.3, 0.4) is 0 Å². The van der Waals surface area contributed by atoms with Crippen molar-refractivity contribution < 1.29 is 4.74 Å². The van der Waals surface area contributed by atoms with Crippen LogP contribution < -0.4 is 10.3 Å². The molecule has 144 valence electrons. The molecule has 1 aromatic carbocycles. The first-order valence-electron chi connectivity index (χ1n) is 9.23. The summed E-state index contributed by atoms with van der Waals surface area (Å²) in [5.74, 6) is 0.825. The van der Waals surface area contributed by atoms with Crippen LogP contribution in [0.1, 0.15) is 29.8 Å². The van der Waals surface area contributed by atoms with Crippen molar-refractivity contribution in [1.82, 2.24) is 24.4 Å². The molecular weight excluding hydrogens is 354 g/mol. The minimum Gasteiger partial charge on any atom is -0.497 e. The van der Waals surface area contributed by atoms with Crippen LogP contribution in [-0.2, 0) is 6.54 Å². The molecule has 4 aromatic rings. The number of ether oxygens (including phenoxy) is 1. The van der Waals surface area contributed by atoms with Gasteiger partial charge in [-0.1, -0.05) is 19.1 Å². The van der Waals surface area contributed by atoms with E-state index in [9.17, 15) is 4.79 Å². The monoisotopic (exact) mass is 377 g/mol. The van der Waals surface area contributed by atoms with Gasteiger partial charge >= 0.3 is 0 Å². The maximum atomic E-state index is 12.7. The molecule has 0 aliphatic carbocycles. The second-order valence-electron chi connectivity index (χ2n) is 7.08. The highest BCUT2D eigenvalue weighted by molar-refractivity contribution is 5.71. The largest absolute Gasteiger partial charge is 0.497 e. The summed E-state index contributed by atoms with van der Waals surface area (Å²) >= 11 is 0. The minimum atomic E-state index is -0.124. The molecule has 0 aliphatic heterocycles. The third-order valence-electron chi connectivity index (χ3n) is 5.11. The number of aromatic nitrogens is 5. The van der Waals surface area contributed by atoms with Gasteiger partial charge in [0.05, 0.1) is 18.5 Å². The van der Waals surface area contributed by atoms with Gasteiger partial charge in [0, 0.05) is 41.5 Å². The first-order chi connectivity index (χ1) is 13.5. The summed E-state index contributed by atoms with van der Waals surface area (Å²) in [6, 6.07) is 11.3. The Balaban J connectivity index is 1.77. The molecule has 4 rings (SSSR count). The van der Waals surface area contributed by atoms with E-state index in [1.54, 1.807) is 19.4 Å². The summed E-state index contributed by atoms with van der Waals surface area (Å²) in [4.78, 5) is 17.5. The normalized spacial score (nSPS) is 12.4. The van der Waals surface area contributed by atoms with Gasteiger partial charge in [-0.3, -0.25) is 14.6 Å². The molecule has 0 saturated carbocycles. The molecule has 3 heterocycles. The van der Waals surface area contributed by atoms with Gasteiger partial charge < -0.3 is 4.74 Å². The standard InChI is InChI=1S/C21H23N5O2/c1-13(12-25-14(2)8-9-22-25)18-11-19(27)26-21(23-18)15(3)20(24-26)16-6-5-7-17(10-16)28-4/h5-11,13,24H,12H2,1-4H3/t13-/m0/s1. The van der Waals surface area contributed by atoms with E-state index in [-0.39, 0.29) is 11.5 Å². The van der Waals surface area contributed by atoms with E-state index in [1.165, 1.54) is 4.52 Å². The van der Waals surface area contributed by atoms with Crippen molar-refractivity contribution in [3.05, 3.63) is 69.9 Å². The molecule has 0 radical (unpaired) electrons. The Bertz CT molecular complexity index is 1200. The number of rotatable bonds is 5.